The minimum absolute atomic E-state index is 0.0389. The quantitative estimate of drug-likeness (QED) is 0.775. The van der Waals surface area contributed by atoms with Gasteiger partial charge in [0.1, 0.15) is 0 Å². The maximum atomic E-state index is 12.6. The van der Waals surface area contributed by atoms with E-state index in [1.54, 1.807) is 24.3 Å². The molecule has 25 heavy (non-hydrogen) atoms. The molecule has 2 aromatic carbocycles. The lowest BCUT2D eigenvalue weighted by atomic mass is 10.2. The molecule has 2 aromatic rings. The second-order valence-corrected chi connectivity index (χ2v) is 10.5. The number of aryl methyl sites for hydroxylation is 1. The van der Waals surface area contributed by atoms with Crippen LogP contribution in [0, 0.1) is 0 Å². The molecular formula is C17H18ClNO4S2. The second kappa shape index (κ2) is 6.72. The Kier molecular flexibility index (Phi) is 4.94. The van der Waals surface area contributed by atoms with Gasteiger partial charge in [-0.1, -0.05) is 30.7 Å². The number of halogens is 1. The van der Waals surface area contributed by atoms with Gasteiger partial charge in [0.05, 0.1) is 15.0 Å². The molecule has 0 bridgehead atoms. The van der Waals surface area contributed by atoms with Crippen LogP contribution in [0.25, 0.3) is 0 Å². The molecular weight excluding hydrogens is 382 g/mol. The molecule has 8 heteroatoms. The van der Waals surface area contributed by atoms with Crippen molar-refractivity contribution >= 4 is 31.5 Å². The summed E-state index contributed by atoms with van der Waals surface area (Å²) in [5, 5.41) is -0.286. The fourth-order valence-corrected chi connectivity index (χ4v) is 6.15. The van der Waals surface area contributed by atoms with Crippen molar-refractivity contribution in [2.75, 3.05) is 13.1 Å². The van der Waals surface area contributed by atoms with E-state index >= 15 is 0 Å². The molecule has 0 saturated carbocycles. The largest absolute Gasteiger partial charge is 0.243 e. The van der Waals surface area contributed by atoms with Crippen LogP contribution >= 0.6 is 11.6 Å². The van der Waals surface area contributed by atoms with Crippen molar-refractivity contribution in [2.45, 2.75) is 28.4 Å². The smallest absolute Gasteiger partial charge is 0.223 e. The predicted octanol–water partition coefficient (Wildman–Crippen LogP) is 2.75. The summed E-state index contributed by atoms with van der Waals surface area (Å²) in [6, 6.07) is 12.6. The first-order valence-electron chi connectivity index (χ1n) is 7.83. The Morgan fingerprint density at radius 1 is 0.920 bits per heavy atom. The summed E-state index contributed by atoms with van der Waals surface area (Å²) in [7, 11) is -7.23. The molecule has 0 spiro atoms. The SMILES string of the molecule is CCc1ccc(S(=O)(=O)N2CC(S(=O)(=O)c3ccc(Cl)cc3)C2)cc1. The normalized spacial score (nSPS) is 16.6. The lowest BCUT2D eigenvalue weighted by Crippen LogP contribution is -2.56. The van der Waals surface area contributed by atoms with Gasteiger partial charge in [-0.15, -0.1) is 0 Å². The molecule has 0 aromatic heterocycles. The number of sulfone groups is 1. The van der Waals surface area contributed by atoms with Crippen LogP contribution in [0.1, 0.15) is 12.5 Å². The maximum absolute atomic E-state index is 12.6. The zero-order chi connectivity index (χ0) is 18.2. The minimum Gasteiger partial charge on any atom is -0.223 e. The summed E-state index contributed by atoms with van der Waals surface area (Å²) in [4.78, 5) is 0.346. The van der Waals surface area contributed by atoms with E-state index in [1.165, 1.54) is 28.6 Å². The Morgan fingerprint density at radius 2 is 1.44 bits per heavy atom. The Hall–Kier alpha value is -1.41. The van der Waals surface area contributed by atoms with Crippen LogP contribution in [0.2, 0.25) is 5.02 Å². The maximum Gasteiger partial charge on any atom is 0.243 e. The second-order valence-electron chi connectivity index (χ2n) is 5.94. The van der Waals surface area contributed by atoms with E-state index in [1.807, 2.05) is 6.92 Å². The van der Waals surface area contributed by atoms with Crippen LogP contribution in [-0.2, 0) is 26.3 Å². The van der Waals surface area contributed by atoms with Crippen molar-refractivity contribution in [3.05, 3.63) is 59.1 Å². The zero-order valence-electron chi connectivity index (χ0n) is 13.6. The fourth-order valence-electron chi connectivity index (χ4n) is 2.66. The number of sulfonamides is 1. The molecule has 1 aliphatic rings. The number of nitrogens with zero attached hydrogens (tertiary/aromatic N) is 1. The highest BCUT2D eigenvalue weighted by Crippen LogP contribution is 2.29. The van der Waals surface area contributed by atoms with Crippen molar-refractivity contribution in [1.29, 1.82) is 0 Å². The molecule has 0 atom stereocenters. The molecule has 5 nitrogen and oxygen atoms in total. The first-order chi connectivity index (χ1) is 11.7. The van der Waals surface area contributed by atoms with E-state index in [9.17, 15) is 16.8 Å². The summed E-state index contributed by atoms with van der Waals surface area (Å²) < 4.78 is 51.5. The van der Waals surface area contributed by atoms with Gasteiger partial charge in [0.15, 0.2) is 9.84 Å². The summed E-state index contributed by atoms with van der Waals surface area (Å²) in [6.07, 6.45) is 0.825. The first-order valence-corrected chi connectivity index (χ1v) is 11.2. The highest BCUT2D eigenvalue weighted by atomic mass is 35.5. The van der Waals surface area contributed by atoms with Crippen molar-refractivity contribution in [2.24, 2.45) is 0 Å². The predicted molar refractivity (Wildman–Crippen MR) is 97.0 cm³/mol. The Morgan fingerprint density at radius 3 is 1.96 bits per heavy atom. The average Bonchev–Trinajstić information content (AvgIpc) is 2.53. The van der Waals surface area contributed by atoms with Gasteiger partial charge in [-0.3, -0.25) is 0 Å². The number of rotatable bonds is 5. The molecule has 3 rings (SSSR count). The molecule has 0 N–H and O–H groups in total. The van der Waals surface area contributed by atoms with Crippen molar-refractivity contribution in [1.82, 2.24) is 4.31 Å². The fraction of sp³-hybridized carbons (Fsp3) is 0.294. The van der Waals surface area contributed by atoms with E-state index in [-0.39, 0.29) is 22.9 Å². The lowest BCUT2D eigenvalue weighted by molar-refractivity contribution is 0.309. The molecule has 0 unspecified atom stereocenters. The molecule has 1 heterocycles. The molecule has 0 amide bonds. The van der Waals surface area contributed by atoms with Crippen molar-refractivity contribution in [3.8, 4) is 0 Å². The summed E-state index contributed by atoms with van der Waals surface area (Å²) in [5.74, 6) is 0. The highest BCUT2D eigenvalue weighted by molar-refractivity contribution is 7.92. The van der Waals surface area contributed by atoms with Gasteiger partial charge in [0.2, 0.25) is 10.0 Å². The summed E-state index contributed by atoms with van der Waals surface area (Å²) in [5.41, 5.74) is 1.05. The minimum atomic E-state index is -3.66. The molecule has 134 valence electrons. The molecule has 1 fully saturated rings. The highest BCUT2D eigenvalue weighted by Gasteiger charge is 2.44. The van der Waals surface area contributed by atoms with Gasteiger partial charge >= 0.3 is 0 Å². The molecule has 0 radical (unpaired) electrons. The van der Waals surface area contributed by atoms with Gasteiger partial charge in [-0.2, -0.15) is 4.31 Å². The van der Waals surface area contributed by atoms with E-state index in [2.05, 4.69) is 0 Å². The number of hydrogen-bond donors (Lipinski definition) is 0. The van der Waals surface area contributed by atoms with E-state index in [0.29, 0.717) is 5.02 Å². The standard InChI is InChI=1S/C17H18ClNO4S2/c1-2-13-3-7-16(8-4-13)25(22,23)19-11-17(12-19)24(20,21)15-9-5-14(18)6-10-15/h3-10,17H,2,11-12H2,1H3. The van der Waals surface area contributed by atoms with Crippen molar-refractivity contribution < 1.29 is 16.8 Å². The number of benzene rings is 2. The third-order valence-electron chi connectivity index (χ3n) is 4.36. The third-order valence-corrected chi connectivity index (χ3v) is 8.57. The van der Waals surface area contributed by atoms with E-state index in [4.69, 9.17) is 11.6 Å². The van der Waals surface area contributed by atoms with Crippen LogP contribution in [-0.4, -0.2) is 39.5 Å². The van der Waals surface area contributed by atoms with E-state index in [0.717, 1.165) is 12.0 Å². The van der Waals surface area contributed by atoms with Gasteiger partial charge in [0, 0.05) is 18.1 Å². The average molecular weight is 400 g/mol. The van der Waals surface area contributed by atoms with Gasteiger partial charge < -0.3 is 0 Å². The van der Waals surface area contributed by atoms with Gasteiger partial charge in [0.25, 0.3) is 0 Å². The third kappa shape index (κ3) is 3.46. The summed E-state index contributed by atoms with van der Waals surface area (Å²) in [6.45, 7) is 1.91. The topological polar surface area (TPSA) is 71.5 Å². The van der Waals surface area contributed by atoms with Crippen LogP contribution < -0.4 is 0 Å². The summed E-state index contributed by atoms with van der Waals surface area (Å²) >= 11 is 5.78. The lowest BCUT2D eigenvalue weighted by Gasteiger charge is -2.37. The van der Waals surface area contributed by atoms with Crippen LogP contribution in [0.4, 0.5) is 0 Å². The molecule has 1 saturated heterocycles. The molecule has 0 aliphatic carbocycles. The zero-order valence-corrected chi connectivity index (χ0v) is 16.0. The van der Waals surface area contributed by atoms with E-state index < -0.39 is 25.1 Å². The first kappa shape index (κ1) is 18.4. The van der Waals surface area contributed by atoms with Crippen LogP contribution in [0.5, 0.6) is 0 Å². The van der Waals surface area contributed by atoms with Gasteiger partial charge in [-0.05, 0) is 48.4 Å². The monoisotopic (exact) mass is 399 g/mol. The molecule has 1 aliphatic heterocycles. The Bertz CT molecular complexity index is 962. The number of hydrogen-bond acceptors (Lipinski definition) is 4. The Balaban J connectivity index is 1.75. The van der Waals surface area contributed by atoms with Crippen LogP contribution in [0.3, 0.4) is 0 Å². The van der Waals surface area contributed by atoms with Crippen LogP contribution in [0.15, 0.2) is 58.3 Å². The van der Waals surface area contributed by atoms with Crippen molar-refractivity contribution in [3.63, 3.8) is 0 Å². The van der Waals surface area contributed by atoms with Gasteiger partial charge in [-0.25, -0.2) is 16.8 Å². The Labute approximate surface area is 153 Å².